The van der Waals surface area contributed by atoms with E-state index in [9.17, 15) is 14.4 Å². The summed E-state index contributed by atoms with van der Waals surface area (Å²) in [7, 11) is 2.40. The number of fused-ring (bicyclic) bond motifs is 2. The first kappa shape index (κ1) is 15.7. The molecule has 3 aromatic rings. The molecule has 0 unspecified atom stereocenters. The summed E-state index contributed by atoms with van der Waals surface area (Å²) in [6, 6.07) is 7.86. The highest BCUT2D eigenvalue weighted by molar-refractivity contribution is 6.07. The summed E-state index contributed by atoms with van der Waals surface area (Å²) in [5.41, 5.74) is 1.16. The molecule has 0 fully saturated rings. The molecule has 122 valence electrons. The largest absolute Gasteiger partial charge is 0.465 e. The molecule has 0 spiro atoms. The molecule has 24 heavy (non-hydrogen) atoms. The van der Waals surface area contributed by atoms with E-state index in [2.05, 4.69) is 9.47 Å². The van der Waals surface area contributed by atoms with Crippen LogP contribution in [0.3, 0.4) is 0 Å². The Balaban J connectivity index is 2.44. The average Bonchev–Trinajstić information content (AvgIpc) is 2.60. The molecule has 3 rings (SSSR count). The molecular weight excluding hydrogens is 312 g/mol. The van der Waals surface area contributed by atoms with Crippen LogP contribution in [-0.4, -0.2) is 26.2 Å². The molecule has 0 amide bonds. The van der Waals surface area contributed by atoms with E-state index < -0.39 is 11.9 Å². The van der Waals surface area contributed by atoms with Crippen LogP contribution < -0.4 is 5.43 Å². The van der Waals surface area contributed by atoms with Gasteiger partial charge in [0.05, 0.1) is 36.1 Å². The van der Waals surface area contributed by atoms with Crippen LogP contribution in [0.5, 0.6) is 0 Å². The molecule has 0 N–H and O–H groups in total. The zero-order chi connectivity index (χ0) is 17.4. The van der Waals surface area contributed by atoms with Crippen molar-refractivity contribution in [2.45, 2.75) is 6.92 Å². The molecule has 6 heteroatoms. The topological polar surface area (TPSA) is 82.8 Å². The fourth-order valence-corrected chi connectivity index (χ4v) is 2.57. The van der Waals surface area contributed by atoms with Crippen LogP contribution in [0.2, 0.25) is 0 Å². The van der Waals surface area contributed by atoms with E-state index in [1.54, 1.807) is 12.1 Å². The molecule has 2 aromatic carbocycles. The molecule has 0 atom stereocenters. The van der Waals surface area contributed by atoms with Crippen molar-refractivity contribution in [1.82, 2.24) is 0 Å². The van der Waals surface area contributed by atoms with Crippen LogP contribution in [0.15, 0.2) is 39.5 Å². The van der Waals surface area contributed by atoms with Crippen molar-refractivity contribution >= 4 is 33.9 Å². The Labute approximate surface area is 136 Å². The third-order valence-corrected chi connectivity index (χ3v) is 3.77. The van der Waals surface area contributed by atoms with Crippen molar-refractivity contribution in [3.8, 4) is 0 Å². The van der Waals surface area contributed by atoms with Crippen LogP contribution in [0.1, 0.15) is 26.3 Å². The molecule has 6 nitrogen and oxygen atoms in total. The molecular formula is C18H14O6. The van der Waals surface area contributed by atoms with Crippen molar-refractivity contribution < 1.29 is 23.5 Å². The first-order valence-electron chi connectivity index (χ1n) is 7.14. The van der Waals surface area contributed by atoms with Gasteiger partial charge in [0.2, 0.25) is 5.43 Å². The number of carbonyl (C=O) groups is 2. The van der Waals surface area contributed by atoms with Gasteiger partial charge in [0.25, 0.3) is 0 Å². The maximum Gasteiger partial charge on any atom is 0.338 e. The summed E-state index contributed by atoms with van der Waals surface area (Å²) in [4.78, 5) is 36.6. The normalized spacial score (nSPS) is 10.8. The molecule has 0 saturated carbocycles. The average molecular weight is 326 g/mol. The Kier molecular flexibility index (Phi) is 3.81. The number of ether oxygens (including phenoxy) is 2. The lowest BCUT2D eigenvalue weighted by molar-refractivity contribution is 0.0555. The molecule has 0 aliphatic rings. The molecule has 0 aliphatic carbocycles. The van der Waals surface area contributed by atoms with Crippen molar-refractivity contribution in [3.63, 3.8) is 0 Å². The summed E-state index contributed by atoms with van der Waals surface area (Å²) >= 11 is 0. The third-order valence-electron chi connectivity index (χ3n) is 3.77. The number of aryl methyl sites for hydroxylation is 1. The van der Waals surface area contributed by atoms with Crippen molar-refractivity contribution in [1.29, 1.82) is 0 Å². The summed E-state index contributed by atoms with van der Waals surface area (Å²) in [5.74, 6) is -1.45. The van der Waals surface area contributed by atoms with E-state index in [4.69, 9.17) is 4.42 Å². The van der Waals surface area contributed by atoms with Gasteiger partial charge in [-0.25, -0.2) is 9.59 Å². The van der Waals surface area contributed by atoms with Crippen LogP contribution in [0.25, 0.3) is 21.9 Å². The monoisotopic (exact) mass is 326 g/mol. The van der Waals surface area contributed by atoms with Crippen LogP contribution in [-0.2, 0) is 9.47 Å². The van der Waals surface area contributed by atoms with E-state index in [1.165, 1.54) is 26.4 Å². The predicted molar refractivity (Wildman–Crippen MR) is 87.4 cm³/mol. The second kappa shape index (κ2) is 5.81. The SMILES string of the molecule is COC(=O)c1cc2oc3ccc(C)cc3c(=O)c2cc1C(=O)OC. The fourth-order valence-electron chi connectivity index (χ4n) is 2.57. The number of carbonyl (C=O) groups excluding carboxylic acids is 2. The highest BCUT2D eigenvalue weighted by Crippen LogP contribution is 2.24. The first-order chi connectivity index (χ1) is 11.5. The highest BCUT2D eigenvalue weighted by atomic mass is 16.5. The minimum Gasteiger partial charge on any atom is -0.465 e. The number of hydrogen-bond acceptors (Lipinski definition) is 6. The Hall–Kier alpha value is -3.15. The summed E-state index contributed by atoms with van der Waals surface area (Å²) in [5, 5.41) is 0.602. The van der Waals surface area contributed by atoms with Crippen molar-refractivity contribution in [3.05, 3.63) is 57.2 Å². The lowest BCUT2D eigenvalue weighted by atomic mass is 10.0. The summed E-state index contributed by atoms with van der Waals surface area (Å²) in [6.45, 7) is 1.86. The highest BCUT2D eigenvalue weighted by Gasteiger charge is 2.22. The summed E-state index contributed by atoms with van der Waals surface area (Å²) in [6.07, 6.45) is 0. The molecule has 1 heterocycles. The molecule has 0 aliphatic heterocycles. The van der Waals surface area contributed by atoms with Gasteiger partial charge < -0.3 is 13.9 Å². The Morgan fingerprint density at radius 2 is 1.46 bits per heavy atom. The Morgan fingerprint density at radius 3 is 2.08 bits per heavy atom. The number of methoxy groups -OCH3 is 2. The van der Waals surface area contributed by atoms with Gasteiger partial charge >= 0.3 is 11.9 Å². The first-order valence-corrected chi connectivity index (χ1v) is 7.14. The molecule has 0 radical (unpaired) electrons. The maximum absolute atomic E-state index is 12.7. The predicted octanol–water partition coefficient (Wildman–Crippen LogP) is 2.83. The second-order valence-corrected chi connectivity index (χ2v) is 5.31. The van der Waals surface area contributed by atoms with E-state index in [-0.39, 0.29) is 27.5 Å². The van der Waals surface area contributed by atoms with Gasteiger partial charge in [0.15, 0.2) is 0 Å². The number of hydrogen-bond donors (Lipinski definition) is 0. The van der Waals surface area contributed by atoms with Gasteiger partial charge in [-0.05, 0) is 31.2 Å². The van der Waals surface area contributed by atoms with Gasteiger partial charge in [0.1, 0.15) is 11.2 Å². The number of esters is 2. The molecule has 0 saturated heterocycles. The van der Waals surface area contributed by atoms with Crippen LogP contribution in [0, 0.1) is 6.92 Å². The molecule has 0 bridgehead atoms. The molecule has 1 aromatic heterocycles. The fraction of sp³-hybridized carbons (Fsp3) is 0.167. The van der Waals surface area contributed by atoms with E-state index in [0.29, 0.717) is 11.0 Å². The zero-order valence-electron chi connectivity index (χ0n) is 13.3. The number of rotatable bonds is 2. The van der Waals surface area contributed by atoms with E-state index in [1.807, 2.05) is 13.0 Å². The number of benzene rings is 2. The quantitative estimate of drug-likeness (QED) is 0.532. The summed E-state index contributed by atoms with van der Waals surface area (Å²) < 4.78 is 15.1. The standard InChI is InChI=1S/C18H14O6/c1-9-4-5-14-12(6-9)16(19)13-7-10(17(20)22-2)11(18(21)23-3)8-15(13)24-14/h4-8H,1-3H3. The van der Waals surface area contributed by atoms with Crippen molar-refractivity contribution in [2.75, 3.05) is 14.2 Å². The minimum atomic E-state index is -0.735. The van der Waals surface area contributed by atoms with E-state index >= 15 is 0 Å². The lowest BCUT2D eigenvalue weighted by Gasteiger charge is -2.09. The van der Waals surface area contributed by atoms with Crippen LogP contribution >= 0.6 is 0 Å². The van der Waals surface area contributed by atoms with Gasteiger partial charge in [-0.15, -0.1) is 0 Å². The Morgan fingerprint density at radius 1 is 0.875 bits per heavy atom. The van der Waals surface area contributed by atoms with Gasteiger partial charge in [0, 0.05) is 0 Å². The Bertz CT molecular complexity index is 1040. The van der Waals surface area contributed by atoms with E-state index in [0.717, 1.165) is 5.56 Å². The van der Waals surface area contributed by atoms with Crippen molar-refractivity contribution in [2.24, 2.45) is 0 Å². The minimum absolute atomic E-state index is 0.0218. The zero-order valence-corrected chi connectivity index (χ0v) is 13.3. The van der Waals surface area contributed by atoms with Gasteiger partial charge in [-0.3, -0.25) is 4.79 Å². The second-order valence-electron chi connectivity index (χ2n) is 5.31. The maximum atomic E-state index is 12.7. The lowest BCUT2D eigenvalue weighted by Crippen LogP contribution is -2.13. The van der Waals surface area contributed by atoms with Gasteiger partial charge in [-0.1, -0.05) is 11.6 Å². The smallest absolute Gasteiger partial charge is 0.338 e. The van der Waals surface area contributed by atoms with Crippen LogP contribution in [0.4, 0.5) is 0 Å². The van der Waals surface area contributed by atoms with Gasteiger partial charge in [-0.2, -0.15) is 0 Å². The third kappa shape index (κ3) is 2.42.